The molecule has 1 aliphatic heterocycles. The van der Waals surface area contributed by atoms with Crippen LogP contribution in [-0.2, 0) is 14.3 Å². The molecule has 1 unspecified atom stereocenters. The Morgan fingerprint density at radius 1 is 1.36 bits per heavy atom. The summed E-state index contributed by atoms with van der Waals surface area (Å²) in [4.78, 5) is 25.2. The van der Waals surface area contributed by atoms with E-state index in [0.29, 0.717) is 19.4 Å². The number of hydrogen-bond donors (Lipinski definition) is 1. The Morgan fingerprint density at radius 3 is 2.76 bits per heavy atom. The van der Waals surface area contributed by atoms with Crippen LogP contribution in [0.25, 0.3) is 0 Å². The summed E-state index contributed by atoms with van der Waals surface area (Å²) < 4.78 is 36.4. The maximum Gasteiger partial charge on any atom is 0.313 e. The lowest BCUT2D eigenvalue weighted by molar-refractivity contribution is -0.151. The van der Waals surface area contributed by atoms with Gasteiger partial charge in [-0.2, -0.15) is 0 Å². The molecule has 1 aliphatic rings. The van der Waals surface area contributed by atoms with Crippen LogP contribution in [0.5, 0.6) is 5.75 Å². The van der Waals surface area contributed by atoms with Gasteiger partial charge in [-0.15, -0.1) is 0 Å². The number of amides is 1. The fourth-order valence-electron chi connectivity index (χ4n) is 2.87. The summed E-state index contributed by atoms with van der Waals surface area (Å²) in [6.45, 7) is 0.633. The second-order valence-corrected chi connectivity index (χ2v) is 6.11. The van der Waals surface area contributed by atoms with Crippen LogP contribution >= 0.6 is 0 Å². The van der Waals surface area contributed by atoms with Gasteiger partial charge in [-0.05, 0) is 25.0 Å². The fraction of sp³-hybridized carbons (Fsp3) is 0.529. The SMILES string of the molecule is COCC1(C(=O)O)CCN(C(=O)CCCOc2ccc(F)cc2F)C1. The number of carbonyl (C=O) groups excluding carboxylic acids is 1. The average Bonchev–Trinajstić information content (AvgIpc) is 2.99. The van der Waals surface area contributed by atoms with Crippen LogP contribution in [0, 0.1) is 17.0 Å². The van der Waals surface area contributed by atoms with Crippen LogP contribution in [0.15, 0.2) is 18.2 Å². The monoisotopic (exact) mass is 357 g/mol. The summed E-state index contributed by atoms with van der Waals surface area (Å²) in [6, 6.07) is 3.01. The van der Waals surface area contributed by atoms with Gasteiger partial charge in [0.25, 0.3) is 0 Å². The number of nitrogens with zero attached hydrogens (tertiary/aromatic N) is 1. The quantitative estimate of drug-likeness (QED) is 0.721. The molecule has 1 aromatic carbocycles. The van der Waals surface area contributed by atoms with Crippen molar-refractivity contribution in [1.29, 1.82) is 0 Å². The first-order valence-electron chi connectivity index (χ1n) is 7.96. The van der Waals surface area contributed by atoms with E-state index in [1.807, 2.05) is 0 Å². The molecule has 0 aromatic heterocycles. The van der Waals surface area contributed by atoms with E-state index in [9.17, 15) is 23.5 Å². The lowest BCUT2D eigenvalue weighted by Crippen LogP contribution is -2.40. The van der Waals surface area contributed by atoms with Gasteiger partial charge < -0.3 is 19.5 Å². The van der Waals surface area contributed by atoms with E-state index in [-0.39, 0.29) is 37.8 Å². The molecule has 1 saturated heterocycles. The normalized spacial score (nSPS) is 19.9. The molecule has 138 valence electrons. The number of methoxy groups -OCH3 is 1. The van der Waals surface area contributed by atoms with Crippen LogP contribution in [0.3, 0.4) is 0 Å². The lowest BCUT2D eigenvalue weighted by Gasteiger charge is -2.23. The molecule has 1 aromatic rings. The zero-order chi connectivity index (χ0) is 18.4. The van der Waals surface area contributed by atoms with Crippen molar-refractivity contribution in [2.45, 2.75) is 19.3 Å². The van der Waals surface area contributed by atoms with Crippen molar-refractivity contribution in [2.75, 3.05) is 33.4 Å². The molecule has 25 heavy (non-hydrogen) atoms. The van der Waals surface area contributed by atoms with Crippen molar-refractivity contribution in [3.05, 3.63) is 29.8 Å². The number of carboxylic acid groups (broad SMARTS) is 1. The topological polar surface area (TPSA) is 76.1 Å². The van der Waals surface area contributed by atoms with Crippen LogP contribution in [0.4, 0.5) is 8.78 Å². The number of ether oxygens (including phenoxy) is 2. The Hall–Kier alpha value is -2.22. The van der Waals surface area contributed by atoms with E-state index in [1.54, 1.807) is 0 Å². The predicted molar refractivity (Wildman–Crippen MR) is 84.2 cm³/mol. The third-order valence-electron chi connectivity index (χ3n) is 4.27. The van der Waals surface area contributed by atoms with Crippen molar-refractivity contribution < 1.29 is 33.0 Å². The summed E-state index contributed by atoms with van der Waals surface area (Å²) in [5.41, 5.74) is -1.06. The van der Waals surface area contributed by atoms with Gasteiger partial charge in [0.15, 0.2) is 11.6 Å². The molecular weight excluding hydrogens is 336 g/mol. The highest BCUT2D eigenvalue weighted by atomic mass is 19.1. The maximum atomic E-state index is 13.4. The number of benzene rings is 1. The van der Waals surface area contributed by atoms with Crippen molar-refractivity contribution in [3.63, 3.8) is 0 Å². The van der Waals surface area contributed by atoms with Crippen LogP contribution in [0.1, 0.15) is 19.3 Å². The zero-order valence-electron chi connectivity index (χ0n) is 14.0. The molecule has 0 bridgehead atoms. The van der Waals surface area contributed by atoms with Gasteiger partial charge in [0, 0.05) is 32.7 Å². The Bertz CT molecular complexity index is 639. The van der Waals surface area contributed by atoms with E-state index >= 15 is 0 Å². The predicted octanol–water partition coefficient (Wildman–Crippen LogP) is 2.07. The minimum absolute atomic E-state index is 0.0546. The largest absolute Gasteiger partial charge is 0.491 e. The highest BCUT2D eigenvalue weighted by Crippen LogP contribution is 2.31. The summed E-state index contributed by atoms with van der Waals surface area (Å²) >= 11 is 0. The highest BCUT2D eigenvalue weighted by molar-refractivity contribution is 5.80. The standard InChI is InChI=1S/C17H21F2NO5/c1-24-11-17(16(22)23)6-7-20(10-17)15(21)3-2-8-25-14-5-4-12(18)9-13(14)19/h4-5,9H,2-3,6-8,10-11H2,1H3,(H,22,23). The summed E-state index contributed by atoms with van der Waals surface area (Å²) in [5.74, 6) is -2.70. The molecule has 0 radical (unpaired) electrons. The van der Waals surface area contributed by atoms with Crippen LogP contribution in [-0.4, -0.2) is 55.3 Å². The van der Waals surface area contributed by atoms with Crippen molar-refractivity contribution in [1.82, 2.24) is 4.90 Å². The van der Waals surface area contributed by atoms with Crippen molar-refractivity contribution in [3.8, 4) is 5.75 Å². The smallest absolute Gasteiger partial charge is 0.313 e. The minimum atomic E-state index is -1.06. The minimum Gasteiger partial charge on any atom is -0.491 e. The third kappa shape index (κ3) is 4.66. The number of aliphatic carboxylic acids is 1. The van der Waals surface area contributed by atoms with Crippen LogP contribution in [0.2, 0.25) is 0 Å². The summed E-state index contributed by atoms with van der Waals surface area (Å²) in [5, 5.41) is 9.38. The van der Waals surface area contributed by atoms with Gasteiger partial charge in [-0.1, -0.05) is 0 Å². The number of carboxylic acids is 1. The molecule has 8 heteroatoms. The van der Waals surface area contributed by atoms with Crippen LogP contribution < -0.4 is 4.74 Å². The van der Waals surface area contributed by atoms with Gasteiger partial charge in [0.05, 0.1) is 13.2 Å². The fourth-order valence-corrected chi connectivity index (χ4v) is 2.87. The number of hydrogen-bond acceptors (Lipinski definition) is 4. The molecule has 1 amide bonds. The Labute approximate surface area is 144 Å². The van der Waals surface area contributed by atoms with E-state index < -0.39 is 23.0 Å². The molecule has 6 nitrogen and oxygen atoms in total. The number of carbonyl (C=O) groups is 2. The van der Waals surface area contributed by atoms with Gasteiger partial charge in [-0.3, -0.25) is 9.59 Å². The summed E-state index contributed by atoms with van der Waals surface area (Å²) in [6.07, 6.45) is 0.848. The molecule has 0 saturated carbocycles. The molecule has 1 fully saturated rings. The molecule has 0 aliphatic carbocycles. The second-order valence-electron chi connectivity index (χ2n) is 6.11. The van der Waals surface area contributed by atoms with E-state index in [1.165, 1.54) is 18.1 Å². The second kappa shape index (κ2) is 8.24. The maximum absolute atomic E-state index is 13.4. The van der Waals surface area contributed by atoms with Crippen molar-refractivity contribution in [2.24, 2.45) is 5.41 Å². The average molecular weight is 357 g/mol. The first-order valence-corrected chi connectivity index (χ1v) is 7.96. The van der Waals surface area contributed by atoms with E-state index in [0.717, 1.165) is 12.1 Å². The molecule has 1 heterocycles. The van der Waals surface area contributed by atoms with Gasteiger partial charge >= 0.3 is 5.97 Å². The summed E-state index contributed by atoms with van der Waals surface area (Å²) in [7, 11) is 1.43. The lowest BCUT2D eigenvalue weighted by atomic mass is 9.88. The molecule has 1 N–H and O–H groups in total. The third-order valence-corrected chi connectivity index (χ3v) is 4.27. The zero-order valence-corrected chi connectivity index (χ0v) is 14.0. The first-order chi connectivity index (χ1) is 11.9. The molecule has 0 spiro atoms. The number of rotatable bonds is 8. The highest BCUT2D eigenvalue weighted by Gasteiger charge is 2.46. The Morgan fingerprint density at radius 2 is 2.12 bits per heavy atom. The Kier molecular flexibility index (Phi) is 6.30. The molecular formula is C17H21F2NO5. The van der Waals surface area contributed by atoms with Gasteiger partial charge in [0.1, 0.15) is 11.2 Å². The molecule has 1 atom stereocenters. The van der Waals surface area contributed by atoms with Crippen molar-refractivity contribution >= 4 is 11.9 Å². The number of likely N-dealkylation sites (tertiary alicyclic amines) is 1. The molecule has 2 rings (SSSR count). The van der Waals surface area contributed by atoms with E-state index in [4.69, 9.17) is 9.47 Å². The van der Waals surface area contributed by atoms with E-state index in [2.05, 4.69) is 0 Å². The first kappa shape index (κ1) is 19.1. The van der Waals surface area contributed by atoms with Gasteiger partial charge in [0.2, 0.25) is 5.91 Å². The number of halogens is 2. The van der Waals surface area contributed by atoms with Gasteiger partial charge in [-0.25, -0.2) is 8.78 Å². The Balaban J connectivity index is 1.78.